The van der Waals surface area contributed by atoms with Gasteiger partial charge >= 0.3 is 0 Å². The molecule has 0 bridgehead atoms. The smallest absolute Gasteiger partial charge is 0.108 e. The summed E-state index contributed by atoms with van der Waals surface area (Å²) in [5, 5.41) is 10.7. The van der Waals surface area contributed by atoms with Gasteiger partial charge in [-0.15, -0.1) is 0 Å². The summed E-state index contributed by atoms with van der Waals surface area (Å²) in [7, 11) is 0. The molecule has 0 aromatic heterocycles. The number of nitrogens with zero attached hydrogens (tertiary/aromatic N) is 1. The van der Waals surface area contributed by atoms with Crippen molar-refractivity contribution in [1.29, 1.82) is 0 Å². The van der Waals surface area contributed by atoms with E-state index in [4.69, 9.17) is 4.74 Å². The van der Waals surface area contributed by atoms with E-state index in [1.54, 1.807) is 0 Å². The van der Waals surface area contributed by atoms with Gasteiger partial charge in [0.05, 0.1) is 12.2 Å². The van der Waals surface area contributed by atoms with Crippen LogP contribution in [0.1, 0.15) is 82.9 Å². The van der Waals surface area contributed by atoms with Crippen LogP contribution in [0.5, 0.6) is 0 Å². The number of aliphatic hydroxyl groups excluding tert-OH is 1. The van der Waals surface area contributed by atoms with Crippen molar-refractivity contribution >= 4 is 0 Å². The highest BCUT2D eigenvalue weighted by atomic mass is 16.5. The minimum absolute atomic E-state index is 0.00548. The Labute approximate surface area is 202 Å². The molecule has 2 atom stereocenters. The molecule has 2 aromatic carbocycles. The van der Waals surface area contributed by atoms with Crippen LogP contribution in [0.3, 0.4) is 0 Å². The number of aliphatic hydroxyl groups is 1. The van der Waals surface area contributed by atoms with Gasteiger partial charge in [0, 0.05) is 13.1 Å². The van der Waals surface area contributed by atoms with Crippen LogP contribution in [0, 0.1) is 11.8 Å². The molecular formula is C30H44NO2. The van der Waals surface area contributed by atoms with Crippen LogP contribution in [0.25, 0.3) is 0 Å². The highest BCUT2D eigenvalue weighted by Gasteiger charge is 2.25. The summed E-state index contributed by atoms with van der Waals surface area (Å²) in [6, 6.07) is 21.2. The van der Waals surface area contributed by atoms with Crippen LogP contribution in [0.2, 0.25) is 0 Å². The second-order valence-electron chi connectivity index (χ2n) is 10.0. The minimum atomic E-state index is -0.160. The molecule has 3 nitrogen and oxygen atoms in total. The van der Waals surface area contributed by atoms with Gasteiger partial charge in [-0.2, -0.15) is 0 Å². The van der Waals surface area contributed by atoms with Crippen LogP contribution in [-0.4, -0.2) is 41.8 Å². The van der Waals surface area contributed by atoms with Crippen molar-refractivity contribution in [3.8, 4) is 0 Å². The lowest BCUT2D eigenvalue weighted by atomic mass is 9.89. The summed E-state index contributed by atoms with van der Waals surface area (Å²) >= 11 is 0. The Morgan fingerprint density at radius 1 is 0.939 bits per heavy atom. The van der Waals surface area contributed by atoms with Gasteiger partial charge in [0.2, 0.25) is 0 Å². The predicted octanol–water partition coefficient (Wildman–Crippen LogP) is 6.82. The summed E-state index contributed by atoms with van der Waals surface area (Å²) in [6.07, 6.45) is 7.58. The molecule has 0 aliphatic carbocycles. The zero-order chi connectivity index (χ0) is 23.5. The molecule has 1 aliphatic rings. The lowest BCUT2D eigenvalue weighted by Crippen LogP contribution is -2.38. The highest BCUT2D eigenvalue weighted by Crippen LogP contribution is 2.30. The van der Waals surface area contributed by atoms with Gasteiger partial charge in [0.25, 0.3) is 0 Å². The van der Waals surface area contributed by atoms with E-state index in [-0.39, 0.29) is 18.3 Å². The maximum absolute atomic E-state index is 10.7. The number of piperidine rings is 1. The molecule has 0 spiro atoms. The molecule has 0 amide bonds. The maximum atomic E-state index is 10.7. The van der Waals surface area contributed by atoms with Crippen LogP contribution < -0.4 is 0 Å². The maximum Gasteiger partial charge on any atom is 0.108 e. The van der Waals surface area contributed by atoms with E-state index in [9.17, 15) is 5.11 Å². The SMILES string of the molecule is CCC(CC[C](C)C)C(O)CCCN1CCC(OC(c2ccccc2)c2ccccc2)CC1. The number of likely N-dealkylation sites (tertiary alicyclic amines) is 1. The van der Waals surface area contributed by atoms with E-state index >= 15 is 0 Å². The third-order valence-corrected chi connectivity index (χ3v) is 7.13. The van der Waals surface area contributed by atoms with Gasteiger partial charge in [-0.25, -0.2) is 0 Å². The van der Waals surface area contributed by atoms with Crippen molar-refractivity contribution in [3.05, 3.63) is 77.7 Å². The van der Waals surface area contributed by atoms with Crippen molar-refractivity contribution in [1.82, 2.24) is 4.90 Å². The summed E-state index contributed by atoms with van der Waals surface area (Å²) < 4.78 is 6.68. The number of hydrogen-bond acceptors (Lipinski definition) is 3. The van der Waals surface area contributed by atoms with Crippen molar-refractivity contribution in [2.24, 2.45) is 5.92 Å². The van der Waals surface area contributed by atoms with E-state index in [2.05, 4.69) is 86.3 Å². The summed E-state index contributed by atoms with van der Waals surface area (Å²) in [4.78, 5) is 2.55. The molecule has 3 rings (SSSR count). The van der Waals surface area contributed by atoms with Crippen molar-refractivity contribution in [2.45, 2.75) is 84.0 Å². The van der Waals surface area contributed by atoms with Crippen LogP contribution in [-0.2, 0) is 4.74 Å². The normalized spacial score (nSPS) is 17.5. The first kappa shape index (κ1) is 25.9. The molecule has 1 heterocycles. The van der Waals surface area contributed by atoms with Gasteiger partial charge in [-0.3, -0.25) is 0 Å². The molecule has 2 aromatic rings. The van der Waals surface area contributed by atoms with Crippen molar-refractivity contribution in [3.63, 3.8) is 0 Å². The lowest BCUT2D eigenvalue weighted by Gasteiger charge is -2.34. The molecule has 1 radical (unpaired) electrons. The highest BCUT2D eigenvalue weighted by molar-refractivity contribution is 5.30. The molecule has 3 heteroatoms. The molecular weight excluding hydrogens is 406 g/mol. The first-order valence-electron chi connectivity index (χ1n) is 13.0. The lowest BCUT2D eigenvalue weighted by molar-refractivity contribution is -0.0276. The summed E-state index contributed by atoms with van der Waals surface area (Å²) in [6.45, 7) is 9.83. The topological polar surface area (TPSA) is 32.7 Å². The molecule has 0 saturated carbocycles. The molecule has 33 heavy (non-hydrogen) atoms. The largest absolute Gasteiger partial charge is 0.393 e. The third-order valence-electron chi connectivity index (χ3n) is 7.13. The number of ether oxygens (including phenoxy) is 1. The van der Waals surface area contributed by atoms with Gasteiger partial charge < -0.3 is 14.7 Å². The standard InChI is InChI=1S/C30H44NO2/c1-4-25(18-17-24(2)3)29(32)16-11-21-31-22-19-28(20-23-31)33-30(26-12-7-5-8-13-26)27-14-9-6-10-15-27/h5-10,12-15,25,28-30,32H,4,11,16-23H2,1-3H3. The van der Waals surface area contributed by atoms with Gasteiger partial charge in [0.1, 0.15) is 6.10 Å². The molecule has 1 saturated heterocycles. The number of benzene rings is 2. The fourth-order valence-corrected chi connectivity index (χ4v) is 4.97. The van der Waals surface area contributed by atoms with Crippen molar-refractivity contribution in [2.75, 3.05) is 19.6 Å². The average Bonchev–Trinajstić information content (AvgIpc) is 2.85. The minimum Gasteiger partial charge on any atom is -0.393 e. The molecule has 181 valence electrons. The second kappa shape index (κ2) is 13.9. The first-order valence-corrected chi connectivity index (χ1v) is 13.0. The monoisotopic (exact) mass is 450 g/mol. The van der Waals surface area contributed by atoms with Gasteiger partial charge in [-0.1, -0.05) is 87.9 Å². The van der Waals surface area contributed by atoms with E-state index in [1.165, 1.54) is 17.0 Å². The molecule has 1 fully saturated rings. The van der Waals surface area contributed by atoms with Crippen LogP contribution in [0.15, 0.2) is 60.7 Å². The number of rotatable bonds is 13. The van der Waals surface area contributed by atoms with E-state index < -0.39 is 0 Å². The van der Waals surface area contributed by atoms with Crippen LogP contribution in [0.4, 0.5) is 0 Å². The zero-order valence-corrected chi connectivity index (χ0v) is 21.0. The van der Waals surface area contributed by atoms with E-state index in [0.29, 0.717) is 5.92 Å². The van der Waals surface area contributed by atoms with E-state index in [1.807, 2.05) is 0 Å². The Kier molecular flexibility index (Phi) is 10.9. The fourth-order valence-electron chi connectivity index (χ4n) is 4.97. The Morgan fingerprint density at radius 3 is 2.03 bits per heavy atom. The third kappa shape index (κ3) is 8.55. The molecule has 1 aliphatic heterocycles. The zero-order valence-electron chi connectivity index (χ0n) is 21.0. The van der Waals surface area contributed by atoms with Crippen molar-refractivity contribution < 1.29 is 9.84 Å². The Balaban J connectivity index is 1.43. The first-order chi connectivity index (χ1) is 16.1. The van der Waals surface area contributed by atoms with Gasteiger partial charge in [-0.05, 0) is 68.0 Å². The Bertz CT molecular complexity index is 716. The summed E-state index contributed by atoms with van der Waals surface area (Å²) in [5.41, 5.74) is 2.45. The average molecular weight is 451 g/mol. The Morgan fingerprint density at radius 2 is 1.52 bits per heavy atom. The molecule has 1 N–H and O–H groups in total. The quantitative estimate of drug-likeness (QED) is 0.363. The predicted molar refractivity (Wildman–Crippen MR) is 138 cm³/mol. The van der Waals surface area contributed by atoms with Gasteiger partial charge in [0.15, 0.2) is 0 Å². The number of hydrogen-bond donors (Lipinski definition) is 1. The van der Waals surface area contributed by atoms with E-state index in [0.717, 1.165) is 64.6 Å². The fraction of sp³-hybridized carbons (Fsp3) is 0.567. The Hall–Kier alpha value is -1.68. The summed E-state index contributed by atoms with van der Waals surface area (Å²) in [5.74, 6) is 1.90. The second-order valence-corrected chi connectivity index (χ2v) is 10.0. The molecule has 2 unspecified atom stereocenters. The van der Waals surface area contributed by atoms with Crippen LogP contribution >= 0.6 is 0 Å².